The van der Waals surface area contributed by atoms with E-state index in [4.69, 9.17) is 0 Å². The van der Waals surface area contributed by atoms with Crippen LogP contribution in [0.1, 0.15) is 37.0 Å². The molecule has 1 saturated heterocycles. The first-order chi connectivity index (χ1) is 9.00. The number of nitrogens with zero attached hydrogens (tertiary/aromatic N) is 1. The largest absolute Gasteiger partial charge is 0.295 e. The lowest BCUT2D eigenvalue weighted by Crippen LogP contribution is -2.42. The predicted octanol–water partition coefficient (Wildman–Crippen LogP) is 3.71. The number of hydrogen-bond donors (Lipinski definition) is 0. The minimum absolute atomic E-state index is 0.241. The lowest BCUT2D eigenvalue weighted by molar-refractivity contribution is 0.0810. The van der Waals surface area contributed by atoms with Gasteiger partial charge in [0, 0.05) is 17.0 Å². The van der Waals surface area contributed by atoms with Crippen molar-refractivity contribution in [2.24, 2.45) is 5.41 Å². The van der Waals surface area contributed by atoms with E-state index in [1.165, 1.54) is 17.7 Å². The third-order valence-corrected chi connectivity index (χ3v) is 4.50. The minimum atomic E-state index is 0.241. The summed E-state index contributed by atoms with van der Waals surface area (Å²) in [4.78, 5) is 15.8. The van der Waals surface area contributed by atoms with E-state index < -0.39 is 0 Å². The molecule has 3 heteroatoms. The minimum Gasteiger partial charge on any atom is -0.295 e. The van der Waals surface area contributed by atoms with Crippen molar-refractivity contribution >= 4 is 17.5 Å². The van der Waals surface area contributed by atoms with Gasteiger partial charge < -0.3 is 0 Å². The lowest BCUT2D eigenvalue weighted by atomic mass is 9.84. The van der Waals surface area contributed by atoms with E-state index in [-0.39, 0.29) is 5.78 Å². The Labute approximate surface area is 120 Å². The van der Waals surface area contributed by atoms with Crippen LogP contribution in [0.3, 0.4) is 0 Å². The normalized spacial score (nSPS) is 19.3. The van der Waals surface area contributed by atoms with Gasteiger partial charge in [-0.25, -0.2) is 0 Å². The van der Waals surface area contributed by atoms with Gasteiger partial charge in [-0.2, -0.15) is 0 Å². The van der Waals surface area contributed by atoms with E-state index >= 15 is 0 Å². The van der Waals surface area contributed by atoms with E-state index in [0.717, 1.165) is 18.7 Å². The average molecular weight is 277 g/mol. The van der Waals surface area contributed by atoms with Crippen LogP contribution >= 0.6 is 11.8 Å². The van der Waals surface area contributed by atoms with E-state index in [2.05, 4.69) is 18.7 Å². The summed E-state index contributed by atoms with van der Waals surface area (Å²) in [6.45, 7) is 7.22. The Morgan fingerprint density at radius 1 is 1.32 bits per heavy atom. The monoisotopic (exact) mass is 277 g/mol. The summed E-state index contributed by atoms with van der Waals surface area (Å²) in [6, 6.07) is 7.95. The molecule has 0 saturated carbocycles. The number of likely N-dealkylation sites (tertiary alicyclic amines) is 1. The molecule has 0 spiro atoms. The molecule has 0 N–H and O–H groups in total. The summed E-state index contributed by atoms with van der Waals surface area (Å²) in [6.07, 6.45) is 4.51. The molecule has 19 heavy (non-hydrogen) atoms. The highest BCUT2D eigenvalue weighted by Gasteiger charge is 2.27. The van der Waals surface area contributed by atoms with Gasteiger partial charge in [0.15, 0.2) is 5.78 Å². The first kappa shape index (κ1) is 14.6. The molecule has 0 unspecified atom stereocenters. The maximum absolute atomic E-state index is 12.3. The van der Waals surface area contributed by atoms with Gasteiger partial charge >= 0.3 is 0 Å². The van der Waals surface area contributed by atoms with Gasteiger partial charge in [-0.15, -0.1) is 11.8 Å². The molecule has 104 valence electrons. The number of hydrogen-bond acceptors (Lipinski definition) is 3. The molecule has 0 aromatic heterocycles. The standard InChI is InChI=1S/C16H23NOS/c1-16(2)9-4-10-17(12-16)11-15(18)13-5-7-14(19-3)8-6-13/h5-8H,4,9-12H2,1-3H3. The number of carbonyl (C=O) groups is 1. The summed E-state index contributed by atoms with van der Waals surface area (Å²) in [5.74, 6) is 0.241. The molecule has 0 amide bonds. The quantitative estimate of drug-likeness (QED) is 0.618. The molecular weight excluding hydrogens is 254 g/mol. The molecular formula is C16H23NOS. The summed E-state index contributed by atoms with van der Waals surface area (Å²) in [5, 5.41) is 0. The zero-order valence-electron chi connectivity index (χ0n) is 12.1. The molecule has 2 rings (SSSR count). The van der Waals surface area contributed by atoms with E-state index in [9.17, 15) is 4.79 Å². The van der Waals surface area contributed by atoms with E-state index in [1.807, 2.05) is 30.5 Å². The van der Waals surface area contributed by atoms with Gasteiger partial charge in [0.1, 0.15) is 0 Å². The molecule has 1 aromatic carbocycles. The van der Waals surface area contributed by atoms with Crippen molar-refractivity contribution in [1.29, 1.82) is 0 Å². The third kappa shape index (κ3) is 4.08. The van der Waals surface area contributed by atoms with E-state index in [1.54, 1.807) is 11.8 Å². The van der Waals surface area contributed by atoms with Crippen LogP contribution in [0.5, 0.6) is 0 Å². The Hall–Kier alpha value is -0.800. The second-order valence-electron chi connectivity index (χ2n) is 6.13. The third-order valence-electron chi connectivity index (χ3n) is 3.76. The zero-order valence-corrected chi connectivity index (χ0v) is 12.9. The summed E-state index contributed by atoms with van der Waals surface area (Å²) in [7, 11) is 0. The highest BCUT2D eigenvalue weighted by atomic mass is 32.2. The van der Waals surface area contributed by atoms with Crippen LogP contribution in [-0.4, -0.2) is 36.6 Å². The number of piperidine rings is 1. The first-order valence-electron chi connectivity index (χ1n) is 6.90. The fourth-order valence-electron chi connectivity index (χ4n) is 2.75. The summed E-state index contributed by atoms with van der Waals surface area (Å²) >= 11 is 1.70. The highest BCUT2D eigenvalue weighted by Crippen LogP contribution is 2.28. The molecule has 1 aromatic rings. The van der Waals surface area contributed by atoms with Crippen LogP contribution in [0, 0.1) is 5.41 Å². The number of benzene rings is 1. The Bertz CT molecular complexity index is 439. The van der Waals surface area contributed by atoms with Gasteiger partial charge in [0.25, 0.3) is 0 Å². The molecule has 0 aliphatic carbocycles. The van der Waals surface area contributed by atoms with Crippen LogP contribution in [0.2, 0.25) is 0 Å². The maximum Gasteiger partial charge on any atom is 0.176 e. The predicted molar refractivity (Wildman–Crippen MR) is 82.0 cm³/mol. The van der Waals surface area contributed by atoms with Crippen molar-refractivity contribution in [3.63, 3.8) is 0 Å². The highest BCUT2D eigenvalue weighted by molar-refractivity contribution is 7.98. The molecule has 1 aliphatic rings. The van der Waals surface area contributed by atoms with Crippen molar-refractivity contribution in [3.8, 4) is 0 Å². The Balaban J connectivity index is 1.96. The van der Waals surface area contributed by atoms with Crippen LogP contribution < -0.4 is 0 Å². The molecule has 1 fully saturated rings. The number of Topliss-reactive ketones (excluding diaryl/α,β-unsaturated/α-hetero) is 1. The van der Waals surface area contributed by atoms with Crippen LogP contribution in [0.25, 0.3) is 0 Å². The van der Waals surface area contributed by atoms with Gasteiger partial charge in [-0.3, -0.25) is 9.69 Å². The topological polar surface area (TPSA) is 20.3 Å². The Kier molecular flexibility index (Phi) is 4.69. The summed E-state index contributed by atoms with van der Waals surface area (Å²) in [5.41, 5.74) is 1.18. The van der Waals surface area contributed by atoms with E-state index in [0.29, 0.717) is 12.0 Å². The van der Waals surface area contributed by atoms with Crippen LogP contribution in [0.4, 0.5) is 0 Å². The fourth-order valence-corrected chi connectivity index (χ4v) is 3.16. The number of ketones is 1. The molecule has 0 atom stereocenters. The van der Waals surface area contributed by atoms with Crippen LogP contribution in [0.15, 0.2) is 29.2 Å². The number of thioether (sulfide) groups is 1. The molecule has 1 heterocycles. The van der Waals surface area contributed by atoms with Crippen molar-refractivity contribution < 1.29 is 4.79 Å². The van der Waals surface area contributed by atoms with Gasteiger partial charge in [0.05, 0.1) is 6.54 Å². The zero-order chi connectivity index (χ0) is 13.9. The SMILES string of the molecule is CSc1ccc(C(=O)CN2CCCC(C)(C)C2)cc1. The van der Waals surface area contributed by atoms with Crippen molar-refractivity contribution in [1.82, 2.24) is 4.90 Å². The molecule has 1 aliphatic heterocycles. The average Bonchev–Trinajstić information content (AvgIpc) is 2.37. The van der Waals surface area contributed by atoms with Crippen LogP contribution in [-0.2, 0) is 0 Å². The Morgan fingerprint density at radius 3 is 2.58 bits per heavy atom. The number of rotatable bonds is 4. The Morgan fingerprint density at radius 2 is 2.00 bits per heavy atom. The van der Waals surface area contributed by atoms with Gasteiger partial charge in [-0.05, 0) is 43.2 Å². The lowest BCUT2D eigenvalue weighted by Gasteiger charge is -2.37. The fraction of sp³-hybridized carbons (Fsp3) is 0.562. The van der Waals surface area contributed by atoms with Gasteiger partial charge in [-0.1, -0.05) is 26.0 Å². The van der Waals surface area contributed by atoms with Crippen molar-refractivity contribution in [2.45, 2.75) is 31.6 Å². The second kappa shape index (κ2) is 6.10. The second-order valence-corrected chi connectivity index (χ2v) is 7.01. The van der Waals surface area contributed by atoms with Gasteiger partial charge in [0.2, 0.25) is 0 Å². The molecule has 0 bridgehead atoms. The molecule has 2 nitrogen and oxygen atoms in total. The van der Waals surface area contributed by atoms with Crippen molar-refractivity contribution in [2.75, 3.05) is 25.9 Å². The van der Waals surface area contributed by atoms with Crippen molar-refractivity contribution in [3.05, 3.63) is 29.8 Å². The molecule has 0 radical (unpaired) electrons. The number of carbonyl (C=O) groups excluding carboxylic acids is 1. The first-order valence-corrected chi connectivity index (χ1v) is 8.12. The smallest absolute Gasteiger partial charge is 0.176 e. The maximum atomic E-state index is 12.3. The summed E-state index contributed by atoms with van der Waals surface area (Å²) < 4.78 is 0.